The summed E-state index contributed by atoms with van der Waals surface area (Å²) in [6, 6.07) is 46.7. The molecule has 6 heteroatoms. The zero-order valence-corrected chi connectivity index (χ0v) is 32.3. The molecule has 262 valence electrons. The molecule has 7 aromatic rings. The molecule has 2 aliphatic heterocycles. The Hall–Kier alpha value is -5.51. The van der Waals surface area contributed by atoms with E-state index in [1.165, 1.54) is 60.7 Å². The van der Waals surface area contributed by atoms with Crippen LogP contribution in [0.2, 0.25) is 5.02 Å². The third-order valence-corrected chi connectivity index (χ3v) is 11.7. The molecule has 0 N–H and O–H groups in total. The minimum Gasteiger partial charge on any atom is -0.311 e. The van der Waals surface area contributed by atoms with Gasteiger partial charge in [-0.15, -0.1) is 0 Å². The third kappa shape index (κ3) is 5.48. The van der Waals surface area contributed by atoms with E-state index >= 15 is 4.39 Å². The summed E-state index contributed by atoms with van der Waals surface area (Å²) in [6.07, 6.45) is 0. The van der Waals surface area contributed by atoms with Crippen LogP contribution in [0.3, 0.4) is 0 Å². The van der Waals surface area contributed by atoms with Crippen molar-refractivity contribution in [2.75, 3.05) is 9.80 Å². The summed E-state index contributed by atoms with van der Waals surface area (Å²) in [5.41, 5.74) is 20.8. The summed E-state index contributed by atoms with van der Waals surface area (Å²) in [5.74, 6) is -0.255. The van der Waals surface area contributed by atoms with Crippen LogP contribution in [0.25, 0.3) is 0 Å². The van der Waals surface area contributed by atoms with Crippen LogP contribution < -0.4 is 42.6 Å². The molecule has 0 amide bonds. The van der Waals surface area contributed by atoms with Gasteiger partial charge < -0.3 is 9.80 Å². The normalized spacial score (nSPS) is 13.0. The van der Waals surface area contributed by atoms with Gasteiger partial charge in [0, 0.05) is 39.1 Å². The van der Waals surface area contributed by atoms with Crippen LogP contribution in [-0.2, 0) is 0 Å². The van der Waals surface area contributed by atoms with Gasteiger partial charge in [-0.1, -0.05) is 129 Å². The molecule has 54 heavy (non-hydrogen) atoms. The number of nitrogens with zero attached hydrogens (tertiary/aromatic N) is 2. The van der Waals surface area contributed by atoms with E-state index in [1.807, 2.05) is 18.2 Å². The molecule has 0 aromatic heterocycles. The van der Waals surface area contributed by atoms with Crippen molar-refractivity contribution in [2.45, 2.75) is 41.5 Å². The zero-order valence-electron chi connectivity index (χ0n) is 31.5. The fraction of sp³-hybridized carbons (Fsp3) is 0.125. The highest BCUT2D eigenvalue weighted by molar-refractivity contribution is 7.01. The monoisotopic (exact) mass is 720 g/mol. The fourth-order valence-corrected chi connectivity index (χ4v) is 9.78. The Morgan fingerprint density at radius 3 is 1.39 bits per heavy atom. The Morgan fingerprint density at radius 2 is 0.870 bits per heavy atom. The van der Waals surface area contributed by atoms with E-state index < -0.39 is 0 Å². The van der Waals surface area contributed by atoms with Gasteiger partial charge in [-0.3, -0.25) is 0 Å². The molecular formula is C48H40B2ClFN2. The number of hydrogen-bond acceptors (Lipinski definition) is 2. The Balaban J connectivity index is 1.45. The van der Waals surface area contributed by atoms with E-state index in [-0.39, 0.29) is 19.2 Å². The van der Waals surface area contributed by atoms with Crippen molar-refractivity contribution in [3.63, 3.8) is 0 Å². The molecule has 0 bridgehead atoms. The molecule has 9 rings (SSSR count). The van der Waals surface area contributed by atoms with Crippen LogP contribution in [-0.4, -0.2) is 13.4 Å². The number of fused-ring (bicyclic) bond motifs is 4. The maximum atomic E-state index is 15.6. The van der Waals surface area contributed by atoms with Gasteiger partial charge in [0.1, 0.15) is 5.82 Å². The lowest BCUT2D eigenvalue weighted by molar-refractivity contribution is 0.628. The van der Waals surface area contributed by atoms with Crippen LogP contribution >= 0.6 is 11.6 Å². The molecule has 0 saturated carbocycles. The quantitative estimate of drug-likeness (QED) is 0.168. The second-order valence-corrected chi connectivity index (χ2v) is 15.6. The molecule has 0 saturated heterocycles. The number of para-hydroxylation sites is 2. The number of halogens is 2. The minimum atomic E-state index is -0.255. The van der Waals surface area contributed by atoms with Gasteiger partial charge in [0.25, 0.3) is 0 Å². The van der Waals surface area contributed by atoms with Crippen molar-refractivity contribution in [3.8, 4) is 0 Å². The smallest absolute Gasteiger partial charge is 0.247 e. The summed E-state index contributed by atoms with van der Waals surface area (Å²) in [7, 11) is 0. The largest absolute Gasteiger partial charge is 0.311 e. The fourth-order valence-electron chi connectivity index (χ4n) is 9.60. The van der Waals surface area contributed by atoms with Gasteiger partial charge in [0.2, 0.25) is 13.4 Å². The van der Waals surface area contributed by atoms with Crippen LogP contribution in [0, 0.1) is 47.4 Å². The maximum absolute atomic E-state index is 15.6. The van der Waals surface area contributed by atoms with Crippen LogP contribution in [0.4, 0.5) is 38.5 Å². The Labute approximate surface area is 324 Å². The topological polar surface area (TPSA) is 6.48 Å². The highest BCUT2D eigenvalue weighted by atomic mass is 35.5. The van der Waals surface area contributed by atoms with Crippen molar-refractivity contribution in [2.24, 2.45) is 0 Å². The standard InChI is InChI=1S/C48H40B2ClFN2/c1-29-21-31(3)47(32(4)22-29)49-39-19-18-36(52)26-44(39)54(38-15-11-8-12-16-38)46-28-45-42(27-41(46)49)50(48-33(5)23-30(2)24-34(48)6)40-25-35(51)17-20-43(40)53(45)37-13-9-7-10-14-37/h7-28H,1-6H3. The Kier molecular flexibility index (Phi) is 8.32. The van der Waals surface area contributed by atoms with E-state index in [1.54, 1.807) is 12.1 Å². The first-order valence-corrected chi connectivity index (χ1v) is 19.1. The minimum absolute atomic E-state index is 0.0831. The van der Waals surface area contributed by atoms with E-state index in [0.717, 1.165) is 39.6 Å². The van der Waals surface area contributed by atoms with Gasteiger partial charge in [-0.05, 0) is 124 Å². The molecule has 2 nitrogen and oxygen atoms in total. The number of hydrogen-bond donors (Lipinski definition) is 0. The first-order chi connectivity index (χ1) is 26.1. The lowest BCUT2D eigenvalue weighted by Gasteiger charge is -2.42. The lowest BCUT2D eigenvalue weighted by Crippen LogP contribution is -2.63. The molecule has 0 radical (unpaired) electrons. The van der Waals surface area contributed by atoms with Crippen molar-refractivity contribution in [1.82, 2.24) is 0 Å². The molecular weight excluding hydrogens is 681 g/mol. The summed E-state index contributed by atoms with van der Waals surface area (Å²) < 4.78 is 15.6. The summed E-state index contributed by atoms with van der Waals surface area (Å²) in [4.78, 5) is 4.65. The SMILES string of the molecule is Cc1cc(C)c(B2c3cc(Cl)ccc3N(c3ccccc3)c3cc4c(cc32)B(c2c(C)cc(C)cc2C)c2ccc(F)cc2N4c2ccccc2)c(C)c1. The van der Waals surface area contributed by atoms with Gasteiger partial charge in [0.05, 0.1) is 0 Å². The third-order valence-electron chi connectivity index (χ3n) is 11.4. The second-order valence-electron chi connectivity index (χ2n) is 15.2. The highest BCUT2D eigenvalue weighted by Gasteiger charge is 2.43. The van der Waals surface area contributed by atoms with E-state index in [4.69, 9.17) is 11.6 Å². The van der Waals surface area contributed by atoms with E-state index in [9.17, 15) is 0 Å². The van der Waals surface area contributed by atoms with Crippen molar-refractivity contribution in [3.05, 3.63) is 178 Å². The molecule has 2 heterocycles. The van der Waals surface area contributed by atoms with Crippen molar-refractivity contribution >= 4 is 91.9 Å². The second kappa shape index (κ2) is 13.1. The molecule has 7 aromatic carbocycles. The number of anilines is 6. The summed E-state index contributed by atoms with van der Waals surface area (Å²) in [6.45, 7) is 13.0. The molecule has 0 atom stereocenters. The summed E-state index contributed by atoms with van der Waals surface area (Å²) >= 11 is 6.92. The van der Waals surface area contributed by atoms with Gasteiger partial charge in [-0.25, -0.2) is 4.39 Å². The highest BCUT2D eigenvalue weighted by Crippen LogP contribution is 2.42. The molecule has 0 unspecified atom stereocenters. The Morgan fingerprint density at radius 1 is 0.426 bits per heavy atom. The van der Waals surface area contributed by atoms with Crippen LogP contribution in [0.1, 0.15) is 33.4 Å². The molecule has 2 aliphatic rings. The predicted molar refractivity (Wildman–Crippen MR) is 231 cm³/mol. The van der Waals surface area contributed by atoms with Crippen LogP contribution in [0.5, 0.6) is 0 Å². The van der Waals surface area contributed by atoms with Gasteiger partial charge in [0.15, 0.2) is 0 Å². The average molecular weight is 721 g/mol. The first kappa shape index (κ1) is 34.3. The van der Waals surface area contributed by atoms with Crippen LogP contribution in [0.15, 0.2) is 133 Å². The number of rotatable bonds is 4. The molecule has 0 aliphatic carbocycles. The van der Waals surface area contributed by atoms with Crippen molar-refractivity contribution < 1.29 is 4.39 Å². The van der Waals surface area contributed by atoms with Gasteiger partial charge in [-0.2, -0.15) is 0 Å². The van der Waals surface area contributed by atoms with E-state index in [0.29, 0.717) is 5.02 Å². The lowest BCUT2D eigenvalue weighted by atomic mass is 9.30. The average Bonchev–Trinajstić information content (AvgIpc) is 3.13. The zero-order chi connectivity index (χ0) is 37.4. The number of benzene rings is 7. The molecule has 0 spiro atoms. The summed E-state index contributed by atoms with van der Waals surface area (Å²) in [5, 5.41) is 0.713. The van der Waals surface area contributed by atoms with Crippen molar-refractivity contribution in [1.29, 1.82) is 0 Å². The van der Waals surface area contributed by atoms with E-state index in [2.05, 4.69) is 154 Å². The Bertz CT molecular complexity index is 2580. The molecule has 0 fully saturated rings. The first-order valence-electron chi connectivity index (χ1n) is 18.7. The number of aryl methyl sites for hydroxylation is 6. The predicted octanol–water partition coefficient (Wildman–Crippen LogP) is 8.93. The maximum Gasteiger partial charge on any atom is 0.247 e. The van der Waals surface area contributed by atoms with Gasteiger partial charge >= 0.3 is 0 Å².